The summed E-state index contributed by atoms with van der Waals surface area (Å²) in [5, 5.41) is 20.7. The smallest absolute Gasteiger partial charge is 0.338 e. The zero-order valence-electron chi connectivity index (χ0n) is 11.5. The number of hydrogen-bond donors (Lipinski definition) is 1. The van der Waals surface area contributed by atoms with Crippen LogP contribution in [0.4, 0.5) is 5.69 Å². The molecule has 0 aromatic heterocycles. The summed E-state index contributed by atoms with van der Waals surface area (Å²) in [5.74, 6) is -0.453. The number of esters is 1. The van der Waals surface area contributed by atoms with Crippen molar-refractivity contribution in [3.8, 4) is 12.1 Å². The number of carbonyl (C=O) groups excluding carboxylic acids is 1. The van der Waals surface area contributed by atoms with E-state index in [0.29, 0.717) is 11.3 Å². The van der Waals surface area contributed by atoms with Crippen molar-refractivity contribution in [3.05, 3.63) is 29.8 Å². The quantitative estimate of drug-likeness (QED) is 0.516. The van der Waals surface area contributed by atoms with Gasteiger partial charge in [-0.05, 0) is 39.0 Å². The van der Waals surface area contributed by atoms with Crippen molar-refractivity contribution in [3.63, 3.8) is 0 Å². The van der Waals surface area contributed by atoms with E-state index in [0.717, 1.165) is 0 Å². The van der Waals surface area contributed by atoms with E-state index in [-0.39, 0.29) is 5.71 Å². The predicted octanol–water partition coefficient (Wildman–Crippen LogP) is 2.46. The van der Waals surface area contributed by atoms with E-state index >= 15 is 0 Å². The summed E-state index contributed by atoms with van der Waals surface area (Å²) in [6.45, 7) is 5.34. The minimum atomic E-state index is -0.576. The summed E-state index contributed by atoms with van der Waals surface area (Å²) < 4.78 is 5.24. The van der Waals surface area contributed by atoms with Crippen molar-refractivity contribution < 1.29 is 9.53 Å². The van der Waals surface area contributed by atoms with Gasteiger partial charge in [-0.25, -0.2) is 4.79 Å². The van der Waals surface area contributed by atoms with Crippen LogP contribution in [0.15, 0.2) is 29.4 Å². The Hall–Kier alpha value is -2.86. The molecule has 1 aromatic rings. The molecular formula is C14H14N4O2. The fourth-order valence-electron chi connectivity index (χ4n) is 1.25. The summed E-state index contributed by atoms with van der Waals surface area (Å²) in [4.78, 5) is 11.9. The molecule has 0 aliphatic heterocycles. The molecule has 6 nitrogen and oxygen atoms in total. The molecule has 0 fully saturated rings. The first kappa shape index (κ1) is 15.2. The Labute approximate surface area is 117 Å². The second kappa shape index (κ2) is 6.35. The van der Waals surface area contributed by atoms with E-state index in [9.17, 15) is 4.79 Å². The zero-order valence-corrected chi connectivity index (χ0v) is 11.5. The molecule has 1 N–H and O–H groups in total. The average molecular weight is 270 g/mol. The minimum absolute atomic E-state index is 0.298. The van der Waals surface area contributed by atoms with Crippen molar-refractivity contribution in [2.45, 2.75) is 26.4 Å². The lowest BCUT2D eigenvalue weighted by Crippen LogP contribution is -2.23. The Balaban J connectivity index is 2.87. The molecule has 0 spiro atoms. The number of nitrogens with zero attached hydrogens (tertiary/aromatic N) is 3. The Bertz CT molecular complexity index is 599. The van der Waals surface area contributed by atoms with E-state index in [2.05, 4.69) is 10.5 Å². The van der Waals surface area contributed by atoms with Crippen LogP contribution in [0.25, 0.3) is 0 Å². The van der Waals surface area contributed by atoms with Crippen LogP contribution in [0.2, 0.25) is 0 Å². The molecule has 102 valence electrons. The van der Waals surface area contributed by atoms with Crippen molar-refractivity contribution >= 4 is 17.4 Å². The van der Waals surface area contributed by atoms with Crippen LogP contribution in [0.3, 0.4) is 0 Å². The fourth-order valence-corrected chi connectivity index (χ4v) is 1.25. The Morgan fingerprint density at radius 1 is 1.30 bits per heavy atom. The molecule has 1 rings (SSSR count). The number of ether oxygens (including phenoxy) is 1. The fraction of sp³-hybridized carbons (Fsp3) is 0.286. The van der Waals surface area contributed by atoms with E-state index in [1.807, 2.05) is 0 Å². The number of rotatable bonds is 3. The number of carbonyl (C=O) groups is 1. The van der Waals surface area contributed by atoms with Gasteiger partial charge in [-0.3, -0.25) is 5.43 Å². The van der Waals surface area contributed by atoms with Gasteiger partial charge in [0.25, 0.3) is 0 Å². The third kappa shape index (κ3) is 4.79. The Morgan fingerprint density at radius 3 is 2.50 bits per heavy atom. The van der Waals surface area contributed by atoms with Gasteiger partial charge in [0.2, 0.25) is 5.71 Å². The highest BCUT2D eigenvalue weighted by atomic mass is 16.6. The first-order chi connectivity index (χ1) is 9.35. The predicted molar refractivity (Wildman–Crippen MR) is 73.9 cm³/mol. The maximum absolute atomic E-state index is 11.9. The highest BCUT2D eigenvalue weighted by Crippen LogP contribution is 2.15. The second-order valence-electron chi connectivity index (χ2n) is 4.88. The number of anilines is 1. The maximum atomic E-state index is 11.9. The van der Waals surface area contributed by atoms with E-state index < -0.39 is 11.6 Å². The van der Waals surface area contributed by atoms with Gasteiger partial charge >= 0.3 is 5.97 Å². The number of hydrazone groups is 1. The monoisotopic (exact) mass is 270 g/mol. The van der Waals surface area contributed by atoms with Gasteiger partial charge in [0.1, 0.15) is 17.7 Å². The molecule has 0 atom stereocenters. The average Bonchev–Trinajstić information content (AvgIpc) is 2.38. The van der Waals surface area contributed by atoms with Crippen LogP contribution in [0.5, 0.6) is 0 Å². The molecule has 0 bridgehead atoms. The van der Waals surface area contributed by atoms with Crippen LogP contribution >= 0.6 is 0 Å². The van der Waals surface area contributed by atoms with Crippen molar-refractivity contribution in [2.75, 3.05) is 5.43 Å². The molecule has 0 amide bonds. The number of nitriles is 2. The third-order valence-corrected chi connectivity index (χ3v) is 2.01. The molecule has 0 unspecified atom stereocenters. The summed E-state index contributed by atoms with van der Waals surface area (Å²) in [5.41, 5.74) is 2.51. The summed E-state index contributed by atoms with van der Waals surface area (Å²) >= 11 is 0. The lowest BCUT2D eigenvalue weighted by molar-refractivity contribution is 0.00696. The standard InChI is InChI=1S/C14H14N4O2/c1-14(2,3)20-13(19)10-5-4-6-11(7-10)17-18-12(8-15)9-16/h4-7,17H,1-3H3. The van der Waals surface area contributed by atoms with Crippen molar-refractivity contribution in [1.29, 1.82) is 10.5 Å². The summed E-state index contributed by atoms with van der Waals surface area (Å²) in [6.07, 6.45) is 0. The van der Waals surface area contributed by atoms with Crippen LogP contribution in [0.1, 0.15) is 31.1 Å². The highest BCUT2D eigenvalue weighted by Gasteiger charge is 2.17. The van der Waals surface area contributed by atoms with Crippen LogP contribution in [-0.2, 0) is 4.74 Å². The lowest BCUT2D eigenvalue weighted by atomic mass is 10.1. The Kier molecular flexibility index (Phi) is 4.82. The van der Waals surface area contributed by atoms with Gasteiger partial charge in [-0.2, -0.15) is 15.6 Å². The second-order valence-corrected chi connectivity index (χ2v) is 4.88. The van der Waals surface area contributed by atoms with Gasteiger partial charge in [-0.1, -0.05) is 6.07 Å². The summed E-state index contributed by atoms with van der Waals surface area (Å²) in [7, 11) is 0. The highest BCUT2D eigenvalue weighted by molar-refractivity contribution is 6.10. The van der Waals surface area contributed by atoms with Crippen LogP contribution in [-0.4, -0.2) is 17.3 Å². The van der Waals surface area contributed by atoms with Crippen LogP contribution in [0, 0.1) is 22.7 Å². The number of nitrogens with one attached hydrogen (secondary N) is 1. The first-order valence-corrected chi connectivity index (χ1v) is 5.83. The molecule has 0 saturated heterocycles. The van der Waals surface area contributed by atoms with Gasteiger partial charge < -0.3 is 4.74 Å². The topological polar surface area (TPSA) is 98.3 Å². The van der Waals surface area contributed by atoms with Crippen molar-refractivity contribution in [2.24, 2.45) is 5.10 Å². The van der Waals surface area contributed by atoms with Gasteiger partial charge in [0.05, 0.1) is 11.3 Å². The van der Waals surface area contributed by atoms with E-state index in [1.54, 1.807) is 51.1 Å². The minimum Gasteiger partial charge on any atom is -0.456 e. The van der Waals surface area contributed by atoms with Crippen molar-refractivity contribution in [1.82, 2.24) is 0 Å². The Morgan fingerprint density at radius 2 is 1.95 bits per heavy atom. The largest absolute Gasteiger partial charge is 0.456 e. The number of benzene rings is 1. The molecular weight excluding hydrogens is 256 g/mol. The summed E-state index contributed by atoms with van der Waals surface area (Å²) in [6, 6.07) is 9.70. The van der Waals surface area contributed by atoms with E-state index in [4.69, 9.17) is 15.3 Å². The lowest BCUT2D eigenvalue weighted by Gasteiger charge is -2.19. The maximum Gasteiger partial charge on any atom is 0.338 e. The number of hydrogen-bond acceptors (Lipinski definition) is 6. The SMILES string of the molecule is CC(C)(C)OC(=O)c1cccc(NN=C(C#N)C#N)c1. The molecule has 20 heavy (non-hydrogen) atoms. The molecule has 0 aliphatic carbocycles. The van der Waals surface area contributed by atoms with Gasteiger partial charge in [0.15, 0.2) is 0 Å². The first-order valence-electron chi connectivity index (χ1n) is 5.83. The van der Waals surface area contributed by atoms with Crippen LogP contribution < -0.4 is 5.43 Å². The zero-order chi connectivity index (χ0) is 15.2. The van der Waals surface area contributed by atoms with Gasteiger partial charge in [0, 0.05) is 0 Å². The van der Waals surface area contributed by atoms with Gasteiger partial charge in [-0.15, -0.1) is 0 Å². The molecule has 0 heterocycles. The normalized spacial score (nSPS) is 9.85. The molecule has 0 aliphatic rings. The molecule has 1 aromatic carbocycles. The third-order valence-electron chi connectivity index (χ3n) is 2.01. The molecule has 6 heteroatoms. The molecule has 0 radical (unpaired) electrons. The van der Waals surface area contributed by atoms with E-state index in [1.165, 1.54) is 6.07 Å². The molecule has 0 saturated carbocycles.